The molecule has 0 radical (unpaired) electrons. The Balaban J connectivity index is 1.51. The zero-order valence-corrected chi connectivity index (χ0v) is 20.4. The van der Waals surface area contributed by atoms with Gasteiger partial charge in [0.15, 0.2) is 6.61 Å². The molecule has 0 unspecified atom stereocenters. The van der Waals surface area contributed by atoms with Gasteiger partial charge in [0.2, 0.25) is 5.78 Å². The summed E-state index contributed by atoms with van der Waals surface area (Å²) in [5.41, 5.74) is 8.51. The van der Waals surface area contributed by atoms with Crippen LogP contribution in [0.3, 0.4) is 0 Å². The number of aromatic nitrogens is 3. The number of Topliss-reactive ketones (excluding diaryl/α,β-unsaturated/α-hetero) is 1. The van der Waals surface area contributed by atoms with E-state index in [2.05, 4.69) is 6.08 Å². The number of hydrogen-bond acceptors (Lipinski definition) is 7. The van der Waals surface area contributed by atoms with Crippen molar-refractivity contribution in [3.05, 3.63) is 103 Å². The van der Waals surface area contributed by atoms with Gasteiger partial charge in [-0.25, -0.2) is 14.6 Å². The number of esters is 1. The number of nitrogens with two attached hydrogens (primary N) is 1. The monoisotopic (exact) mass is 496 g/mol. The number of fused-ring (bicyclic) bond motifs is 2. The first kappa shape index (κ1) is 23.9. The number of benzene rings is 2. The highest BCUT2D eigenvalue weighted by Gasteiger charge is 2.29. The zero-order chi connectivity index (χ0) is 26.3. The first-order chi connectivity index (χ1) is 17.8. The molecular formula is C28H24N4O5. The molecule has 0 aliphatic heterocycles. The molecule has 2 heterocycles. The molecule has 0 bridgehead atoms. The van der Waals surface area contributed by atoms with Gasteiger partial charge in [0.05, 0.1) is 16.8 Å². The van der Waals surface area contributed by atoms with Crippen molar-refractivity contribution in [2.75, 3.05) is 12.3 Å². The number of carbonyl (C=O) groups excluding carboxylic acids is 2. The third-order valence-electron chi connectivity index (χ3n) is 6.61. The number of nitrogen functional groups attached to an aromatic ring is 1. The van der Waals surface area contributed by atoms with Gasteiger partial charge in [0.1, 0.15) is 11.4 Å². The number of hydrogen-bond donors (Lipinski definition) is 1. The Hall–Kier alpha value is -4.79. The molecule has 1 aliphatic carbocycles. The molecule has 0 fully saturated rings. The van der Waals surface area contributed by atoms with E-state index in [1.165, 1.54) is 14.1 Å². The number of allylic oxidation sites excluding steroid dienone is 1. The van der Waals surface area contributed by atoms with Crippen molar-refractivity contribution in [1.82, 2.24) is 14.1 Å². The molecule has 0 spiro atoms. The Morgan fingerprint density at radius 2 is 1.68 bits per heavy atom. The first-order valence-corrected chi connectivity index (χ1v) is 11.7. The van der Waals surface area contributed by atoms with E-state index in [-0.39, 0.29) is 5.82 Å². The number of nitrogens with zero attached hydrogens (tertiary/aromatic N) is 3. The SMILES string of the molecule is Cn1c(N)c(C(=O)COC(=O)c2c3c(nc4ccccc24)C(=Cc2ccccc2)CC3)c(=O)n(C)c1=O. The number of rotatable bonds is 5. The highest BCUT2D eigenvalue weighted by atomic mass is 16.5. The maximum Gasteiger partial charge on any atom is 0.339 e. The lowest BCUT2D eigenvalue weighted by Gasteiger charge is -2.13. The van der Waals surface area contributed by atoms with Crippen molar-refractivity contribution in [3.63, 3.8) is 0 Å². The van der Waals surface area contributed by atoms with Crippen LogP contribution in [0.25, 0.3) is 22.6 Å². The van der Waals surface area contributed by atoms with Gasteiger partial charge in [-0.05, 0) is 41.7 Å². The molecular weight excluding hydrogens is 472 g/mol. The molecule has 1 aliphatic rings. The van der Waals surface area contributed by atoms with Crippen molar-refractivity contribution in [2.24, 2.45) is 14.1 Å². The molecule has 9 heteroatoms. The summed E-state index contributed by atoms with van der Waals surface area (Å²) in [6, 6.07) is 17.1. The van der Waals surface area contributed by atoms with Crippen LogP contribution in [0.5, 0.6) is 0 Å². The molecule has 2 aromatic heterocycles. The van der Waals surface area contributed by atoms with Gasteiger partial charge in [-0.15, -0.1) is 0 Å². The van der Waals surface area contributed by atoms with E-state index in [9.17, 15) is 19.2 Å². The number of para-hydroxylation sites is 1. The van der Waals surface area contributed by atoms with E-state index in [0.29, 0.717) is 29.3 Å². The molecule has 0 amide bonds. The average molecular weight is 497 g/mol. The Labute approximate surface area is 211 Å². The number of pyridine rings is 1. The third kappa shape index (κ3) is 4.14. The molecule has 0 atom stereocenters. The van der Waals surface area contributed by atoms with E-state index in [0.717, 1.165) is 31.5 Å². The van der Waals surface area contributed by atoms with Gasteiger partial charge < -0.3 is 10.5 Å². The quantitative estimate of drug-likeness (QED) is 0.333. The summed E-state index contributed by atoms with van der Waals surface area (Å²) in [6.07, 6.45) is 3.36. The largest absolute Gasteiger partial charge is 0.454 e. The average Bonchev–Trinajstić information content (AvgIpc) is 3.30. The third-order valence-corrected chi connectivity index (χ3v) is 6.61. The summed E-state index contributed by atoms with van der Waals surface area (Å²) in [5.74, 6) is -1.76. The van der Waals surface area contributed by atoms with E-state index < -0.39 is 35.2 Å². The number of ether oxygens (including phenoxy) is 1. The van der Waals surface area contributed by atoms with Gasteiger partial charge in [-0.1, -0.05) is 48.5 Å². The van der Waals surface area contributed by atoms with Gasteiger partial charge in [0.25, 0.3) is 5.56 Å². The van der Waals surface area contributed by atoms with Crippen LogP contribution in [-0.2, 0) is 25.3 Å². The van der Waals surface area contributed by atoms with E-state index in [1.54, 1.807) is 6.07 Å². The molecule has 5 rings (SSSR count). The van der Waals surface area contributed by atoms with Crippen LogP contribution in [-0.4, -0.2) is 32.5 Å². The zero-order valence-electron chi connectivity index (χ0n) is 20.4. The van der Waals surface area contributed by atoms with Gasteiger partial charge in [0, 0.05) is 19.5 Å². The van der Waals surface area contributed by atoms with Crippen LogP contribution >= 0.6 is 0 Å². The molecule has 186 valence electrons. The summed E-state index contributed by atoms with van der Waals surface area (Å²) in [4.78, 5) is 55.7. The number of anilines is 1. The van der Waals surface area contributed by atoms with Gasteiger partial charge >= 0.3 is 11.7 Å². The maximum absolute atomic E-state index is 13.4. The minimum Gasteiger partial charge on any atom is -0.454 e. The molecule has 2 aromatic carbocycles. The topological polar surface area (TPSA) is 126 Å². The second-order valence-corrected chi connectivity index (χ2v) is 8.88. The summed E-state index contributed by atoms with van der Waals surface area (Å²) in [7, 11) is 2.60. The van der Waals surface area contributed by atoms with Crippen molar-refractivity contribution in [1.29, 1.82) is 0 Å². The minimum absolute atomic E-state index is 0.278. The summed E-state index contributed by atoms with van der Waals surface area (Å²) in [6.45, 7) is -0.700. The summed E-state index contributed by atoms with van der Waals surface area (Å²) < 4.78 is 7.21. The number of ketones is 1. The van der Waals surface area contributed by atoms with Crippen LogP contribution in [0.2, 0.25) is 0 Å². The lowest BCUT2D eigenvalue weighted by Crippen LogP contribution is -2.42. The van der Waals surface area contributed by atoms with Crippen LogP contribution in [0.15, 0.2) is 64.2 Å². The van der Waals surface area contributed by atoms with Crippen LogP contribution in [0.4, 0.5) is 5.82 Å². The standard InChI is InChI=1S/C28H24N4O5/c1-31-25(29)23(26(34)32(2)28(31)36)21(33)15-37-27(35)22-18-10-6-7-11-20(18)30-24-17(12-13-19(22)24)14-16-8-4-3-5-9-16/h3-11,14H,12-13,15,29H2,1-2H3. The van der Waals surface area contributed by atoms with Crippen LogP contribution < -0.4 is 17.0 Å². The van der Waals surface area contributed by atoms with Crippen molar-refractivity contribution >= 4 is 40.1 Å². The second-order valence-electron chi connectivity index (χ2n) is 8.88. The first-order valence-electron chi connectivity index (χ1n) is 11.7. The predicted molar refractivity (Wildman–Crippen MR) is 140 cm³/mol. The molecule has 9 nitrogen and oxygen atoms in total. The van der Waals surface area contributed by atoms with E-state index in [1.807, 2.05) is 48.5 Å². The Bertz CT molecular complexity index is 1730. The molecule has 4 aromatic rings. The van der Waals surface area contributed by atoms with Gasteiger partial charge in [-0.3, -0.25) is 18.7 Å². The highest BCUT2D eigenvalue weighted by molar-refractivity contribution is 6.08. The maximum atomic E-state index is 13.4. The summed E-state index contributed by atoms with van der Waals surface area (Å²) >= 11 is 0. The van der Waals surface area contributed by atoms with E-state index in [4.69, 9.17) is 15.5 Å². The lowest BCUT2D eigenvalue weighted by molar-refractivity contribution is 0.0475. The van der Waals surface area contributed by atoms with Crippen molar-refractivity contribution in [3.8, 4) is 0 Å². The fourth-order valence-corrected chi connectivity index (χ4v) is 4.66. The van der Waals surface area contributed by atoms with Crippen LogP contribution in [0.1, 0.15) is 44.0 Å². The second kappa shape index (κ2) is 9.34. The minimum atomic E-state index is -0.840. The Kier molecular flexibility index (Phi) is 6.04. The van der Waals surface area contributed by atoms with E-state index >= 15 is 0 Å². The van der Waals surface area contributed by atoms with Crippen molar-refractivity contribution in [2.45, 2.75) is 12.8 Å². The lowest BCUT2D eigenvalue weighted by atomic mass is 10.0. The predicted octanol–water partition coefficient (Wildman–Crippen LogP) is 2.74. The molecule has 0 saturated carbocycles. The fraction of sp³-hybridized carbons (Fsp3) is 0.179. The highest BCUT2D eigenvalue weighted by Crippen LogP contribution is 2.37. The molecule has 0 saturated heterocycles. The summed E-state index contributed by atoms with van der Waals surface area (Å²) in [5, 5.41) is 0.622. The molecule has 2 N–H and O–H groups in total. The normalized spacial score (nSPS) is 13.6. The van der Waals surface area contributed by atoms with Crippen LogP contribution in [0, 0.1) is 0 Å². The Morgan fingerprint density at radius 1 is 0.973 bits per heavy atom. The number of carbonyl (C=O) groups is 2. The van der Waals surface area contributed by atoms with Crippen molar-refractivity contribution < 1.29 is 14.3 Å². The smallest absolute Gasteiger partial charge is 0.339 e. The molecule has 37 heavy (non-hydrogen) atoms. The van der Waals surface area contributed by atoms with Gasteiger partial charge in [-0.2, -0.15) is 0 Å². The fourth-order valence-electron chi connectivity index (χ4n) is 4.66. The Morgan fingerprint density at radius 3 is 2.43 bits per heavy atom.